The molecule has 0 aliphatic carbocycles. The number of rotatable bonds is 5. The molecular weight excluding hydrogens is 431 g/mol. The van der Waals surface area contributed by atoms with Crippen molar-refractivity contribution >= 4 is 5.91 Å². The lowest BCUT2D eigenvalue weighted by Crippen LogP contribution is -2.30. The summed E-state index contributed by atoms with van der Waals surface area (Å²) in [6.45, 7) is 3.20. The molecule has 0 aliphatic rings. The fourth-order valence-corrected chi connectivity index (χ4v) is 3.28. The van der Waals surface area contributed by atoms with Crippen molar-refractivity contribution in [3.63, 3.8) is 0 Å². The van der Waals surface area contributed by atoms with Crippen molar-refractivity contribution in [2.24, 2.45) is 0 Å². The molecule has 0 fully saturated rings. The number of nitriles is 1. The molecule has 166 valence electrons. The molecule has 1 unspecified atom stereocenters. The van der Waals surface area contributed by atoms with Crippen LogP contribution in [0.5, 0.6) is 0 Å². The van der Waals surface area contributed by atoms with Gasteiger partial charge in [0, 0.05) is 22.9 Å². The Kier molecular flexibility index (Phi) is 6.30. The minimum absolute atomic E-state index is 0.176. The Morgan fingerprint density at radius 3 is 2.53 bits per heavy atom. The zero-order chi connectivity index (χ0) is 23.6. The standard InChI is InChI=1S/C22H17F5N4O/c1-12-18(10-21(32)29-20(11-28)17-7-6-15(23)9-19(17)24)13(2)31(30-12)16-5-3-4-14(8-16)22(25,26)27/h3-9,20H,10H2,1-2H3,(H,29,32). The second-order valence-corrected chi connectivity index (χ2v) is 7.08. The lowest BCUT2D eigenvalue weighted by molar-refractivity contribution is -0.137. The van der Waals surface area contributed by atoms with Gasteiger partial charge in [0.05, 0.1) is 29.4 Å². The molecule has 3 aromatic rings. The molecular formula is C22H17F5N4O. The number of alkyl halides is 3. The van der Waals surface area contributed by atoms with Crippen LogP contribution < -0.4 is 5.32 Å². The Morgan fingerprint density at radius 1 is 1.19 bits per heavy atom. The van der Waals surface area contributed by atoms with Crippen molar-refractivity contribution in [3.05, 3.63) is 82.2 Å². The number of carbonyl (C=O) groups is 1. The highest BCUT2D eigenvalue weighted by Gasteiger charge is 2.31. The molecule has 1 N–H and O–H groups in total. The van der Waals surface area contributed by atoms with Gasteiger partial charge in [-0.3, -0.25) is 4.79 Å². The third kappa shape index (κ3) is 4.77. The summed E-state index contributed by atoms with van der Waals surface area (Å²) in [5, 5.41) is 15.9. The first-order valence-corrected chi connectivity index (χ1v) is 9.38. The first-order valence-electron chi connectivity index (χ1n) is 9.38. The van der Waals surface area contributed by atoms with Crippen molar-refractivity contribution < 1.29 is 26.7 Å². The van der Waals surface area contributed by atoms with Crippen LogP contribution in [0.4, 0.5) is 22.0 Å². The fourth-order valence-electron chi connectivity index (χ4n) is 3.28. The number of halogens is 5. The largest absolute Gasteiger partial charge is 0.416 e. The molecule has 0 aliphatic heterocycles. The van der Waals surface area contributed by atoms with Crippen LogP contribution in [0, 0.1) is 36.8 Å². The van der Waals surface area contributed by atoms with E-state index in [1.54, 1.807) is 19.9 Å². The maximum Gasteiger partial charge on any atom is 0.416 e. The van der Waals surface area contributed by atoms with Crippen molar-refractivity contribution in [1.82, 2.24) is 15.1 Å². The lowest BCUT2D eigenvalue weighted by atomic mass is 10.1. The Morgan fingerprint density at radius 2 is 1.91 bits per heavy atom. The highest BCUT2D eigenvalue weighted by Crippen LogP contribution is 2.31. The van der Waals surface area contributed by atoms with Gasteiger partial charge in [0.25, 0.3) is 0 Å². The van der Waals surface area contributed by atoms with Gasteiger partial charge in [-0.1, -0.05) is 12.1 Å². The van der Waals surface area contributed by atoms with Gasteiger partial charge in [0.15, 0.2) is 0 Å². The molecule has 1 aromatic heterocycles. The van der Waals surface area contributed by atoms with Crippen LogP contribution >= 0.6 is 0 Å². The highest BCUT2D eigenvalue weighted by atomic mass is 19.4. The maximum atomic E-state index is 14.0. The number of carbonyl (C=O) groups excluding carboxylic acids is 1. The van der Waals surface area contributed by atoms with Gasteiger partial charge in [0.1, 0.15) is 17.7 Å². The summed E-state index contributed by atoms with van der Waals surface area (Å²) in [6, 6.07) is 7.68. The van der Waals surface area contributed by atoms with E-state index in [4.69, 9.17) is 0 Å². The number of benzene rings is 2. The topological polar surface area (TPSA) is 70.7 Å². The number of nitrogens with one attached hydrogen (secondary N) is 1. The molecule has 0 spiro atoms. The monoisotopic (exact) mass is 448 g/mol. The summed E-state index contributed by atoms with van der Waals surface area (Å²) >= 11 is 0. The molecule has 1 amide bonds. The lowest BCUT2D eigenvalue weighted by Gasteiger charge is -2.13. The second kappa shape index (κ2) is 8.78. The number of hydrogen-bond donors (Lipinski definition) is 1. The normalized spacial score (nSPS) is 12.3. The van der Waals surface area contributed by atoms with Crippen molar-refractivity contribution in [2.45, 2.75) is 32.5 Å². The van der Waals surface area contributed by atoms with E-state index in [0.29, 0.717) is 23.0 Å². The van der Waals surface area contributed by atoms with Gasteiger partial charge in [0.2, 0.25) is 5.91 Å². The third-order valence-electron chi connectivity index (χ3n) is 4.90. The highest BCUT2D eigenvalue weighted by molar-refractivity contribution is 5.80. The third-order valence-corrected chi connectivity index (χ3v) is 4.90. The quantitative estimate of drug-likeness (QED) is 0.575. The number of hydrogen-bond acceptors (Lipinski definition) is 3. The Hall–Kier alpha value is -3.74. The maximum absolute atomic E-state index is 14.0. The molecule has 0 saturated heterocycles. The summed E-state index contributed by atoms with van der Waals surface area (Å²) in [6.07, 6.45) is -4.76. The number of aromatic nitrogens is 2. The summed E-state index contributed by atoms with van der Waals surface area (Å²) in [7, 11) is 0. The number of nitrogens with zero attached hydrogens (tertiary/aromatic N) is 3. The zero-order valence-corrected chi connectivity index (χ0v) is 17.0. The SMILES string of the molecule is Cc1nn(-c2cccc(C(F)(F)F)c2)c(C)c1CC(=O)NC(C#N)c1ccc(F)cc1F. The van der Waals surface area contributed by atoms with Gasteiger partial charge in [-0.15, -0.1) is 0 Å². The van der Waals surface area contributed by atoms with Crippen LogP contribution in [0.1, 0.15) is 34.1 Å². The van der Waals surface area contributed by atoms with Crippen molar-refractivity contribution in [1.29, 1.82) is 5.26 Å². The summed E-state index contributed by atoms with van der Waals surface area (Å²) < 4.78 is 67.5. The summed E-state index contributed by atoms with van der Waals surface area (Å²) in [4.78, 5) is 12.5. The number of amides is 1. The van der Waals surface area contributed by atoms with Gasteiger partial charge in [-0.25, -0.2) is 13.5 Å². The van der Waals surface area contributed by atoms with Gasteiger partial charge < -0.3 is 5.32 Å². The average Bonchev–Trinajstić information content (AvgIpc) is 3.00. The molecule has 3 rings (SSSR count). The van der Waals surface area contributed by atoms with Crippen LogP contribution in [0.2, 0.25) is 0 Å². The summed E-state index contributed by atoms with van der Waals surface area (Å²) in [5.74, 6) is -2.42. The van der Waals surface area contributed by atoms with Crippen LogP contribution in [0.25, 0.3) is 5.69 Å². The van der Waals surface area contributed by atoms with E-state index in [0.717, 1.165) is 24.3 Å². The smallest absolute Gasteiger partial charge is 0.336 e. The summed E-state index contributed by atoms with van der Waals surface area (Å²) in [5.41, 5.74) is 0.469. The molecule has 0 saturated carbocycles. The van der Waals surface area contributed by atoms with E-state index in [-0.39, 0.29) is 17.7 Å². The van der Waals surface area contributed by atoms with Crippen molar-refractivity contribution in [3.8, 4) is 11.8 Å². The van der Waals surface area contributed by atoms with Crippen LogP contribution in [0.3, 0.4) is 0 Å². The molecule has 5 nitrogen and oxygen atoms in total. The van der Waals surface area contributed by atoms with E-state index < -0.39 is 35.3 Å². The molecule has 0 radical (unpaired) electrons. The minimum Gasteiger partial charge on any atom is -0.336 e. The van der Waals surface area contributed by atoms with E-state index in [9.17, 15) is 32.0 Å². The minimum atomic E-state index is -4.52. The Bertz CT molecular complexity index is 1210. The van der Waals surface area contributed by atoms with Gasteiger partial charge in [-0.05, 0) is 38.1 Å². The zero-order valence-electron chi connectivity index (χ0n) is 17.0. The van der Waals surface area contributed by atoms with Crippen LogP contribution in [0.15, 0.2) is 42.5 Å². The predicted octanol–water partition coefficient (Wildman–Crippen LogP) is 4.71. The average molecular weight is 448 g/mol. The van der Waals surface area contributed by atoms with Crippen molar-refractivity contribution in [2.75, 3.05) is 0 Å². The first kappa shape index (κ1) is 22.9. The van der Waals surface area contributed by atoms with Gasteiger partial charge in [-0.2, -0.15) is 23.5 Å². The fraction of sp³-hybridized carbons (Fsp3) is 0.227. The van der Waals surface area contributed by atoms with E-state index >= 15 is 0 Å². The van der Waals surface area contributed by atoms with Crippen LogP contribution in [-0.2, 0) is 17.4 Å². The van der Waals surface area contributed by atoms with Gasteiger partial charge >= 0.3 is 6.18 Å². The number of aryl methyl sites for hydroxylation is 1. The van der Waals surface area contributed by atoms with E-state index in [2.05, 4.69) is 10.4 Å². The van der Waals surface area contributed by atoms with E-state index in [1.807, 2.05) is 0 Å². The predicted molar refractivity (Wildman–Crippen MR) is 105 cm³/mol. The molecule has 1 heterocycles. The van der Waals surface area contributed by atoms with Crippen LogP contribution in [-0.4, -0.2) is 15.7 Å². The second-order valence-electron chi connectivity index (χ2n) is 7.08. The molecule has 0 bridgehead atoms. The first-order chi connectivity index (χ1) is 15.0. The molecule has 10 heteroatoms. The van der Waals surface area contributed by atoms with E-state index in [1.165, 1.54) is 16.8 Å². The molecule has 1 atom stereocenters. The Labute approximate surface area is 180 Å². The molecule has 32 heavy (non-hydrogen) atoms. The molecule has 2 aromatic carbocycles. The Balaban J connectivity index is 1.84.